The van der Waals surface area contributed by atoms with Crippen LogP contribution in [0.3, 0.4) is 0 Å². The molecular formula is C12H20NO3+. The summed E-state index contributed by atoms with van der Waals surface area (Å²) in [6.07, 6.45) is -0.508. The maximum absolute atomic E-state index is 9.59. The minimum atomic E-state index is -0.508. The highest BCUT2D eigenvalue weighted by Crippen LogP contribution is 2.15. The second-order valence-corrected chi connectivity index (χ2v) is 3.77. The maximum Gasteiger partial charge on any atom is 0.137 e. The number of rotatable bonds is 7. The third-order valence-corrected chi connectivity index (χ3v) is 2.30. The van der Waals surface area contributed by atoms with Gasteiger partial charge in [0.15, 0.2) is 0 Å². The van der Waals surface area contributed by atoms with Crippen molar-refractivity contribution in [2.75, 3.05) is 26.3 Å². The first kappa shape index (κ1) is 13.0. The average Bonchev–Trinajstić information content (AvgIpc) is 2.28. The second kappa shape index (κ2) is 7.22. The molecule has 90 valence electrons. The average molecular weight is 226 g/mol. The van der Waals surface area contributed by atoms with Crippen molar-refractivity contribution in [3.8, 4) is 5.75 Å². The number of aryl methyl sites for hydroxylation is 1. The molecular weight excluding hydrogens is 206 g/mol. The Hall–Kier alpha value is -1.10. The molecule has 4 nitrogen and oxygen atoms in total. The Morgan fingerprint density at radius 2 is 2.12 bits per heavy atom. The lowest BCUT2D eigenvalue weighted by atomic mass is 10.2. The van der Waals surface area contributed by atoms with Gasteiger partial charge in [0.1, 0.15) is 25.0 Å². The molecule has 1 atom stereocenters. The fourth-order valence-electron chi connectivity index (χ4n) is 1.37. The lowest BCUT2D eigenvalue weighted by molar-refractivity contribution is -0.662. The van der Waals surface area contributed by atoms with Crippen molar-refractivity contribution in [1.82, 2.24) is 0 Å². The van der Waals surface area contributed by atoms with Gasteiger partial charge in [0.05, 0.1) is 13.2 Å². The molecule has 0 aliphatic heterocycles. The zero-order valence-electron chi connectivity index (χ0n) is 9.60. The number of benzene rings is 1. The summed E-state index contributed by atoms with van der Waals surface area (Å²) in [6, 6.07) is 7.72. The number of aliphatic hydroxyl groups excluding tert-OH is 2. The zero-order valence-corrected chi connectivity index (χ0v) is 9.60. The Bertz CT molecular complexity index is 304. The molecule has 0 amide bonds. The van der Waals surface area contributed by atoms with E-state index in [-0.39, 0.29) is 13.2 Å². The van der Waals surface area contributed by atoms with E-state index in [1.807, 2.05) is 36.5 Å². The van der Waals surface area contributed by atoms with Crippen molar-refractivity contribution in [2.24, 2.45) is 0 Å². The lowest BCUT2D eigenvalue weighted by Gasteiger charge is -2.12. The number of aliphatic hydroxyl groups is 2. The van der Waals surface area contributed by atoms with E-state index in [0.717, 1.165) is 11.3 Å². The van der Waals surface area contributed by atoms with Gasteiger partial charge in [-0.05, 0) is 18.6 Å². The van der Waals surface area contributed by atoms with E-state index < -0.39 is 6.10 Å². The molecule has 0 heterocycles. The van der Waals surface area contributed by atoms with E-state index in [9.17, 15) is 5.11 Å². The van der Waals surface area contributed by atoms with E-state index in [2.05, 4.69) is 0 Å². The summed E-state index contributed by atoms with van der Waals surface area (Å²) >= 11 is 0. The van der Waals surface area contributed by atoms with Crippen molar-refractivity contribution < 1.29 is 20.3 Å². The first-order chi connectivity index (χ1) is 7.74. The Kier molecular flexibility index (Phi) is 5.85. The summed E-state index contributed by atoms with van der Waals surface area (Å²) in [5, 5.41) is 20.0. The summed E-state index contributed by atoms with van der Waals surface area (Å²) < 4.78 is 5.50. The van der Waals surface area contributed by atoms with Gasteiger partial charge in [-0.3, -0.25) is 0 Å². The van der Waals surface area contributed by atoms with Crippen LogP contribution < -0.4 is 10.1 Å². The molecule has 1 rings (SSSR count). The minimum Gasteiger partial charge on any atom is -0.490 e. The predicted molar refractivity (Wildman–Crippen MR) is 61.4 cm³/mol. The summed E-state index contributed by atoms with van der Waals surface area (Å²) in [5.74, 6) is 0.809. The summed E-state index contributed by atoms with van der Waals surface area (Å²) in [7, 11) is 0. The van der Waals surface area contributed by atoms with Gasteiger partial charge in [-0.1, -0.05) is 18.2 Å². The summed E-state index contributed by atoms with van der Waals surface area (Å²) in [6.45, 7) is 3.55. The molecule has 0 aromatic heterocycles. The first-order valence-corrected chi connectivity index (χ1v) is 5.53. The third kappa shape index (κ3) is 4.61. The number of para-hydroxylation sites is 1. The minimum absolute atomic E-state index is 0.130. The maximum atomic E-state index is 9.59. The number of quaternary nitrogens is 1. The van der Waals surface area contributed by atoms with Crippen LogP contribution in [0.4, 0.5) is 0 Å². The van der Waals surface area contributed by atoms with Gasteiger partial charge < -0.3 is 20.3 Å². The van der Waals surface area contributed by atoms with Gasteiger partial charge in [0.2, 0.25) is 0 Å². The van der Waals surface area contributed by atoms with Crippen LogP contribution in [-0.2, 0) is 0 Å². The predicted octanol–water partition coefficient (Wildman–Crippen LogP) is -0.710. The van der Waals surface area contributed by atoms with Crippen molar-refractivity contribution >= 4 is 0 Å². The van der Waals surface area contributed by atoms with Crippen LogP contribution in [-0.4, -0.2) is 42.6 Å². The Balaban J connectivity index is 2.26. The SMILES string of the molecule is Cc1ccccc1OC[C@H](O)C[NH2+]CCO. The standard InChI is InChI=1S/C12H19NO3/c1-10-4-2-3-5-12(10)16-9-11(15)8-13-6-7-14/h2-5,11,13-15H,6-9H2,1H3/p+1/t11-/m1/s1. The quantitative estimate of drug-likeness (QED) is 0.538. The molecule has 4 heteroatoms. The fourth-order valence-corrected chi connectivity index (χ4v) is 1.37. The van der Waals surface area contributed by atoms with Gasteiger partial charge in [0, 0.05) is 0 Å². The molecule has 0 unspecified atom stereocenters. The molecule has 4 N–H and O–H groups in total. The van der Waals surface area contributed by atoms with Crippen molar-refractivity contribution in [2.45, 2.75) is 13.0 Å². The molecule has 0 fully saturated rings. The Morgan fingerprint density at radius 1 is 1.38 bits per heavy atom. The van der Waals surface area contributed by atoms with Crippen molar-refractivity contribution in [3.05, 3.63) is 29.8 Å². The second-order valence-electron chi connectivity index (χ2n) is 3.77. The van der Waals surface area contributed by atoms with Crippen molar-refractivity contribution in [1.29, 1.82) is 0 Å². The Morgan fingerprint density at radius 3 is 2.81 bits per heavy atom. The van der Waals surface area contributed by atoms with Crippen LogP contribution in [0.5, 0.6) is 5.75 Å². The monoisotopic (exact) mass is 226 g/mol. The van der Waals surface area contributed by atoms with Crippen LogP contribution in [0.1, 0.15) is 5.56 Å². The molecule has 0 spiro atoms. The van der Waals surface area contributed by atoms with E-state index in [0.29, 0.717) is 13.1 Å². The fraction of sp³-hybridized carbons (Fsp3) is 0.500. The smallest absolute Gasteiger partial charge is 0.137 e. The van der Waals surface area contributed by atoms with E-state index in [1.54, 1.807) is 0 Å². The number of ether oxygens (including phenoxy) is 1. The summed E-state index contributed by atoms with van der Waals surface area (Å²) in [4.78, 5) is 0. The topological polar surface area (TPSA) is 66.3 Å². The molecule has 0 aliphatic carbocycles. The molecule has 0 aliphatic rings. The van der Waals surface area contributed by atoms with Gasteiger partial charge >= 0.3 is 0 Å². The highest BCUT2D eigenvalue weighted by Gasteiger charge is 2.07. The van der Waals surface area contributed by atoms with Gasteiger partial charge in [-0.25, -0.2) is 0 Å². The molecule has 0 bridgehead atoms. The molecule has 0 saturated heterocycles. The zero-order chi connectivity index (χ0) is 11.8. The van der Waals surface area contributed by atoms with Crippen molar-refractivity contribution in [3.63, 3.8) is 0 Å². The highest BCUT2D eigenvalue weighted by atomic mass is 16.5. The molecule has 0 radical (unpaired) electrons. The Labute approximate surface area is 95.9 Å². The van der Waals surface area contributed by atoms with E-state index in [4.69, 9.17) is 9.84 Å². The highest BCUT2D eigenvalue weighted by molar-refractivity contribution is 5.31. The van der Waals surface area contributed by atoms with Crippen LogP contribution >= 0.6 is 0 Å². The molecule has 0 saturated carbocycles. The largest absolute Gasteiger partial charge is 0.490 e. The summed E-state index contributed by atoms with van der Waals surface area (Å²) in [5.41, 5.74) is 1.06. The van der Waals surface area contributed by atoms with Gasteiger partial charge in [0.25, 0.3) is 0 Å². The molecule has 1 aromatic rings. The van der Waals surface area contributed by atoms with Crippen LogP contribution in [0.2, 0.25) is 0 Å². The normalized spacial score (nSPS) is 12.4. The van der Waals surface area contributed by atoms with Gasteiger partial charge in [-0.2, -0.15) is 0 Å². The lowest BCUT2D eigenvalue weighted by Crippen LogP contribution is -2.87. The molecule has 16 heavy (non-hydrogen) atoms. The molecule has 1 aromatic carbocycles. The number of nitrogens with two attached hydrogens (primary N) is 1. The first-order valence-electron chi connectivity index (χ1n) is 5.53. The van der Waals surface area contributed by atoms with Crippen LogP contribution in [0.15, 0.2) is 24.3 Å². The number of hydrogen-bond acceptors (Lipinski definition) is 3. The van der Waals surface area contributed by atoms with E-state index in [1.165, 1.54) is 0 Å². The number of hydrogen-bond donors (Lipinski definition) is 3. The van der Waals surface area contributed by atoms with Crippen LogP contribution in [0.25, 0.3) is 0 Å². The van der Waals surface area contributed by atoms with Gasteiger partial charge in [-0.15, -0.1) is 0 Å². The van der Waals surface area contributed by atoms with E-state index >= 15 is 0 Å². The van der Waals surface area contributed by atoms with Crippen LogP contribution in [0, 0.1) is 6.92 Å². The third-order valence-electron chi connectivity index (χ3n) is 2.30.